The highest BCUT2D eigenvalue weighted by Gasteiger charge is 2.26. The molecule has 2 heteroatoms. The van der Waals surface area contributed by atoms with Gasteiger partial charge >= 0.3 is 0 Å². The fourth-order valence-electron chi connectivity index (χ4n) is 3.54. The molecule has 0 spiro atoms. The molecule has 0 radical (unpaired) electrons. The molecule has 100 valence electrons. The summed E-state index contributed by atoms with van der Waals surface area (Å²) in [5.74, 6) is 2.77. The van der Waals surface area contributed by atoms with E-state index in [1.807, 2.05) is 0 Å². The maximum Gasteiger partial charge on any atom is 0.0218 e. The molecule has 0 aromatic heterocycles. The molecular formula is C15H30N2. The van der Waals surface area contributed by atoms with Gasteiger partial charge in [-0.3, -0.25) is 0 Å². The second-order valence-corrected chi connectivity index (χ2v) is 6.41. The van der Waals surface area contributed by atoms with Gasteiger partial charge in [0.05, 0.1) is 0 Å². The topological polar surface area (TPSA) is 38.0 Å². The van der Waals surface area contributed by atoms with Crippen LogP contribution in [0, 0.1) is 17.8 Å². The van der Waals surface area contributed by atoms with Gasteiger partial charge in [-0.1, -0.05) is 39.0 Å². The van der Waals surface area contributed by atoms with Crippen LogP contribution in [0.5, 0.6) is 0 Å². The summed E-state index contributed by atoms with van der Waals surface area (Å²) in [5.41, 5.74) is 5.95. The molecule has 2 nitrogen and oxygen atoms in total. The summed E-state index contributed by atoms with van der Waals surface area (Å²) in [5, 5.41) is 3.73. The summed E-state index contributed by atoms with van der Waals surface area (Å²) in [6.07, 6.45) is 11.4. The zero-order chi connectivity index (χ0) is 12.1. The normalized spacial score (nSPS) is 32.1. The second kappa shape index (κ2) is 6.75. The minimum Gasteiger partial charge on any atom is -0.329 e. The number of hydrogen-bond donors (Lipinski definition) is 2. The summed E-state index contributed by atoms with van der Waals surface area (Å²) in [7, 11) is 0. The minimum atomic E-state index is 0.581. The Bertz CT molecular complexity index is 213. The highest BCUT2D eigenvalue weighted by atomic mass is 14.9. The predicted molar refractivity (Wildman–Crippen MR) is 73.9 cm³/mol. The molecule has 0 saturated heterocycles. The molecule has 2 aliphatic rings. The molecule has 17 heavy (non-hydrogen) atoms. The molecule has 0 aromatic rings. The van der Waals surface area contributed by atoms with Crippen molar-refractivity contribution in [1.82, 2.24) is 5.32 Å². The molecule has 0 amide bonds. The van der Waals surface area contributed by atoms with E-state index >= 15 is 0 Å². The summed E-state index contributed by atoms with van der Waals surface area (Å²) in [6.45, 7) is 4.41. The predicted octanol–water partition coefficient (Wildman–Crippen LogP) is 2.92. The maximum atomic E-state index is 5.95. The van der Waals surface area contributed by atoms with Crippen LogP contribution in [0.2, 0.25) is 0 Å². The molecule has 0 heterocycles. The molecule has 0 aliphatic heterocycles. The Hall–Kier alpha value is -0.0800. The molecule has 0 aromatic carbocycles. The highest BCUT2D eigenvalue weighted by Crippen LogP contribution is 2.31. The quantitative estimate of drug-likeness (QED) is 0.746. The van der Waals surface area contributed by atoms with E-state index in [1.165, 1.54) is 57.9 Å². The molecule has 2 aliphatic carbocycles. The van der Waals surface area contributed by atoms with E-state index in [1.54, 1.807) is 0 Å². The van der Waals surface area contributed by atoms with Crippen molar-refractivity contribution in [2.45, 2.75) is 64.3 Å². The number of nitrogens with one attached hydrogen (secondary N) is 1. The van der Waals surface area contributed by atoms with Gasteiger partial charge in [-0.15, -0.1) is 0 Å². The largest absolute Gasteiger partial charge is 0.329 e. The van der Waals surface area contributed by atoms with Gasteiger partial charge in [-0.05, 0) is 43.6 Å². The Morgan fingerprint density at radius 3 is 2.53 bits per heavy atom. The van der Waals surface area contributed by atoms with Crippen LogP contribution in [0.1, 0.15) is 58.3 Å². The molecule has 2 fully saturated rings. The molecule has 3 unspecified atom stereocenters. The fraction of sp³-hybridized carbons (Fsp3) is 1.00. The second-order valence-electron chi connectivity index (χ2n) is 6.41. The third-order valence-electron chi connectivity index (χ3n) is 4.98. The van der Waals surface area contributed by atoms with Crippen molar-refractivity contribution in [3.63, 3.8) is 0 Å². The Morgan fingerprint density at radius 1 is 1.18 bits per heavy atom. The van der Waals surface area contributed by atoms with Crippen molar-refractivity contribution in [3.05, 3.63) is 0 Å². The van der Waals surface area contributed by atoms with E-state index in [9.17, 15) is 0 Å². The molecule has 3 N–H and O–H groups in total. The zero-order valence-electron chi connectivity index (χ0n) is 11.5. The van der Waals surface area contributed by atoms with Crippen molar-refractivity contribution in [2.75, 3.05) is 13.1 Å². The van der Waals surface area contributed by atoms with E-state index in [4.69, 9.17) is 5.73 Å². The van der Waals surface area contributed by atoms with E-state index in [2.05, 4.69) is 12.2 Å². The first-order chi connectivity index (χ1) is 8.29. The molecule has 3 atom stereocenters. The highest BCUT2D eigenvalue weighted by molar-refractivity contribution is 4.82. The van der Waals surface area contributed by atoms with Crippen molar-refractivity contribution >= 4 is 0 Å². The minimum absolute atomic E-state index is 0.581. The van der Waals surface area contributed by atoms with Crippen LogP contribution in [-0.4, -0.2) is 19.1 Å². The van der Waals surface area contributed by atoms with E-state index in [0.717, 1.165) is 24.3 Å². The van der Waals surface area contributed by atoms with Crippen LogP contribution in [0.3, 0.4) is 0 Å². The maximum absolute atomic E-state index is 5.95. The summed E-state index contributed by atoms with van der Waals surface area (Å²) >= 11 is 0. The Labute approximate surface area is 107 Å². The lowest BCUT2D eigenvalue weighted by Crippen LogP contribution is -2.44. The van der Waals surface area contributed by atoms with Gasteiger partial charge in [0.2, 0.25) is 0 Å². The third kappa shape index (κ3) is 3.96. The van der Waals surface area contributed by atoms with Gasteiger partial charge in [0, 0.05) is 12.6 Å². The zero-order valence-corrected chi connectivity index (χ0v) is 11.5. The van der Waals surface area contributed by atoms with Gasteiger partial charge in [0.1, 0.15) is 0 Å². The van der Waals surface area contributed by atoms with Crippen LogP contribution in [0.4, 0.5) is 0 Å². The van der Waals surface area contributed by atoms with Crippen LogP contribution in [0.25, 0.3) is 0 Å². The van der Waals surface area contributed by atoms with Gasteiger partial charge in [0.15, 0.2) is 0 Å². The van der Waals surface area contributed by atoms with Gasteiger partial charge in [-0.25, -0.2) is 0 Å². The van der Waals surface area contributed by atoms with Crippen molar-refractivity contribution in [2.24, 2.45) is 23.5 Å². The standard InChI is InChI=1S/C15H30N2/c1-12-4-2-7-14(10-12)15(11-16)17-9-8-13-5-3-6-13/h12-15,17H,2-11,16H2,1H3. The van der Waals surface area contributed by atoms with Crippen molar-refractivity contribution < 1.29 is 0 Å². The smallest absolute Gasteiger partial charge is 0.0218 e. The van der Waals surface area contributed by atoms with Crippen molar-refractivity contribution in [3.8, 4) is 0 Å². The monoisotopic (exact) mass is 238 g/mol. The van der Waals surface area contributed by atoms with Crippen LogP contribution in [-0.2, 0) is 0 Å². The Kier molecular flexibility index (Phi) is 5.30. The van der Waals surface area contributed by atoms with Gasteiger partial charge < -0.3 is 11.1 Å². The van der Waals surface area contributed by atoms with Gasteiger partial charge in [-0.2, -0.15) is 0 Å². The van der Waals surface area contributed by atoms with E-state index < -0.39 is 0 Å². The Morgan fingerprint density at radius 2 is 1.94 bits per heavy atom. The van der Waals surface area contributed by atoms with E-state index in [-0.39, 0.29) is 0 Å². The first kappa shape index (κ1) is 13.4. The summed E-state index contributed by atoms with van der Waals surface area (Å²) in [4.78, 5) is 0. The summed E-state index contributed by atoms with van der Waals surface area (Å²) < 4.78 is 0. The van der Waals surface area contributed by atoms with E-state index in [0.29, 0.717) is 6.04 Å². The lowest BCUT2D eigenvalue weighted by atomic mass is 9.78. The lowest BCUT2D eigenvalue weighted by molar-refractivity contribution is 0.216. The number of rotatable bonds is 6. The third-order valence-corrected chi connectivity index (χ3v) is 4.98. The van der Waals surface area contributed by atoms with Gasteiger partial charge in [0.25, 0.3) is 0 Å². The number of hydrogen-bond acceptors (Lipinski definition) is 2. The van der Waals surface area contributed by atoms with Crippen LogP contribution >= 0.6 is 0 Å². The fourth-order valence-corrected chi connectivity index (χ4v) is 3.54. The molecular weight excluding hydrogens is 208 g/mol. The molecule has 0 bridgehead atoms. The summed E-state index contributed by atoms with van der Waals surface area (Å²) in [6, 6.07) is 0.581. The first-order valence-corrected chi connectivity index (χ1v) is 7.73. The SMILES string of the molecule is CC1CCCC(C(CN)NCCC2CCC2)C1. The first-order valence-electron chi connectivity index (χ1n) is 7.73. The average Bonchev–Trinajstić information content (AvgIpc) is 2.27. The number of nitrogens with two attached hydrogens (primary N) is 1. The molecule has 2 rings (SSSR count). The van der Waals surface area contributed by atoms with Crippen LogP contribution < -0.4 is 11.1 Å². The van der Waals surface area contributed by atoms with Crippen molar-refractivity contribution in [1.29, 1.82) is 0 Å². The lowest BCUT2D eigenvalue weighted by Gasteiger charge is -2.34. The average molecular weight is 238 g/mol. The Balaban J connectivity index is 1.67. The van der Waals surface area contributed by atoms with Crippen LogP contribution in [0.15, 0.2) is 0 Å². The molecule has 2 saturated carbocycles.